The lowest BCUT2D eigenvalue weighted by atomic mass is 10.1. The van der Waals surface area contributed by atoms with Crippen molar-refractivity contribution in [2.75, 3.05) is 19.5 Å². The van der Waals surface area contributed by atoms with Crippen molar-refractivity contribution in [3.8, 4) is 22.8 Å². The summed E-state index contributed by atoms with van der Waals surface area (Å²) in [4.78, 5) is 12.4. The summed E-state index contributed by atoms with van der Waals surface area (Å²) in [6.45, 7) is 0. The smallest absolute Gasteiger partial charge is 0.255 e. The van der Waals surface area contributed by atoms with Gasteiger partial charge < -0.3 is 14.8 Å². The molecular weight excluding hydrogens is 306 g/mol. The number of carbonyl (C=O) groups excluding carboxylic acids is 1. The minimum absolute atomic E-state index is 0.235. The van der Waals surface area contributed by atoms with Gasteiger partial charge >= 0.3 is 0 Å². The van der Waals surface area contributed by atoms with E-state index >= 15 is 0 Å². The summed E-state index contributed by atoms with van der Waals surface area (Å²) in [6.07, 6.45) is 1.70. The minimum Gasteiger partial charge on any atom is -0.497 e. The first-order valence-corrected chi connectivity index (χ1v) is 7.34. The van der Waals surface area contributed by atoms with Crippen LogP contribution in [0.5, 0.6) is 11.5 Å². The highest BCUT2D eigenvalue weighted by atomic mass is 16.5. The molecule has 3 rings (SSSR count). The molecule has 0 atom stereocenters. The lowest BCUT2D eigenvalue weighted by molar-refractivity contribution is 0.102. The molecule has 0 radical (unpaired) electrons. The molecule has 0 spiro atoms. The highest BCUT2D eigenvalue weighted by molar-refractivity contribution is 6.04. The van der Waals surface area contributed by atoms with Crippen molar-refractivity contribution in [1.82, 2.24) is 10.2 Å². The number of rotatable bonds is 5. The molecule has 1 heterocycles. The van der Waals surface area contributed by atoms with Gasteiger partial charge in [0.05, 0.1) is 19.9 Å². The zero-order valence-electron chi connectivity index (χ0n) is 13.4. The highest BCUT2D eigenvalue weighted by Crippen LogP contribution is 2.24. The number of H-pyrrole nitrogens is 1. The van der Waals surface area contributed by atoms with Gasteiger partial charge in [-0.3, -0.25) is 9.89 Å². The first-order chi connectivity index (χ1) is 11.7. The first-order valence-electron chi connectivity index (χ1n) is 7.34. The van der Waals surface area contributed by atoms with Gasteiger partial charge in [0.15, 0.2) is 0 Å². The number of aromatic nitrogens is 2. The van der Waals surface area contributed by atoms with E-state index in [0.29, 0.717) is 22.7 Å². The summed E-state index contributed by atoms with van der Waals surface area (Å²) in [5.74, 6) is 0.893. The van der Waals surface area contributed by atoms with Gasteiger partial charge in [-0.05, 0) is 35.9 Å². The van der Waals surface area contributed by atoms with E-state index in [1.54, 1.807) is 38.6 Å². The van der Waals surface area contributed by atoms with Crippen molar-refractivity contribution in [3.05, 3.63) is 60.3 Å². The van der Waals surface area contributed by atoms with Crippen molar-refractivity contribution in [2.24, 2.45) is 0 Å². The Morgan fingerprint density at radius 2 is 1.67 bits per heavy atom. The summed E-state index contributed by atoms with van der Waals surface area (Å²) < 4.78 is 10.4. The van der Waals surface area contributed by atoms with Crippen LogP contribution >= 0.6 is 0 Å². The maximum absolute atomic E-state index is 12.4. The molecule has 0 fully saturated rings. The molecule has 122 valence electrons. The third-order valence-electron chi connectivity index (χ3n) is 3.57. The second kappa shape index (κ2) is 6.87. The van der Waals surface area contributed by atoms with Gasteiger partial charge in [0, 0.05) is 23.5 Å². The van der Waals surface area contributed by atoms with Crippen LogP contribution < -0.4 is 14.8 Å². The van der Waals surface area contributed by atoms with Crippen molar-refractivity contribution in [1.29, 1.82) is 0 Å². The Hall–Kier alpha value is -3.28. The highest BCUT2D eigenvalue weighted by Gasteiger charge is 2.10. The molecule has 0 saturated carbocycles. The molecule has 1 aromatic heterocycles. The maximum Gasteiger partial charge on any atom is 0.255 e. The van der Waals surface area contributed by atoms with Crippen LogP contribution in [0.15, 0.2) is 54.7 Å². The number of amides is 1. The van der Waals surface area contributed by atoms with Crippen LogP contribution in [0.1, 0.15) is 10.4 Å². The van der Waals surface area contributed by atoms with Crippen LogP contribution in [0.2, 0.25) is 0 Å². The average Bonchev–Trinajstić information content (AvgIpc) is 3.16. The third kappa shape index (κ3) is 3.38. The van der Waals surface area contributed by atoms with Crippen LogP contribution in [0.25, 0.3) is 11.3 Å². The molecule has 1 amide bonds. The van der Waals surface area contributed by atoms with Crippen molar-refractivity contribution >= 4 is 11.6 Å². The number of nitrogens with one attached hydrogen (secondary N) is 2. The molecule has 2 aromatic carbocycles. The largest absolute Gasteiger partial charge is 0.497 e. The van der Waals surface area contributed by atoms with Gasteiger partial charge in [-0.2, -0.15) is 5.10 Å². The van der Waals surface area contributed by atoms with E-state index in [4.69, 9.17) is 9.47 Å². The zero-order valence-corrected chi connectivity index (χ0v) is 13.4. The molecule has 0 saturated heterocycles. The van der Waals surface area contributed by atoms with Gasteiger partial charge in [0.1, 0.15) is 11.5 Å². The number of benzene rings is 2. The summed E-state index contributed by atoms with van der Waals surface area (Å²) in [6, 6.07) is 14.4. The zero-order chi connectivity index (χ0) is 16.9. The number of carbonyl (C=O) groups is 1. The van der Waals surface area contributed by atoms with E-state index < -0.39 is 0 Å². The quantitative estimate of drug-likeness (QED) is 0.755. The number of hydrogen-bond acceptors (Lipinski definition) is 4. The summed E-state index contributed by atoms with van der Waals surface area (Å²) >= 11 is 0. The minimum atomic E-state index is -0.235. The molecule has 24 heavy (non-hydrogen) atoms. The van der Waals surface area contributed by atoms with E-state index in [9.17, 15) is 4.79 Å². The standard InChI is InChI=1S/C18H17N3O3/c1-23-15-9-13(10-16(11-15)24-2)18(22)20-14-5-3-12(4-6-14)17-7-8-19-21-17/h3-11H,1-2H3,(H,19,21)(H,20,22). The Kier molecular flexibility index (Phi) is 4.47. The average molecular weight is 323 g/mol. The number of nitrogens with zero attached hydrogens (tertiary/aromatic N) is 1. The molecule has 0 aliphatic carbocycles. The Morgan fingerprint density at radius 3 is 2.21 bits per heavy atom. The van der Waals surface area contributed by atoms with Gasteiger partial charge in [-0.25, -0.2) is 0 Å². The third-order valence-corrected chi connectivity index (χ3v) is 3.57. The second-order valence-electron chi connectivity index (χ2n) is 5.10. The molecule has 6 heteroatoms. The fourth-order valence-electron chi connectivity index (χ4n) is 2.29. The van der Waals surface area contributed by atoms with Gasteiger partial charge in [0.25, 0.3) is 5.91 Å². The summed E-state index contributed by atoms with van der Waals surface area (Å²) in [7, 11) is 3.09. The molecule has 0 bridgehead atoms. The van der Waals surface area contributed by atoms with E-state index in [-0.39, 0.29) is 5.91 Å². The molecule has 0 aliphatic rings. The molecule has 0 aliphatic heterocycles. The SMILES string of the molecule is COc1cc(OC)cc(C(=O)Nc2ccc(-c3ccn[nH]3)cc2)c1. The summed E-state index contributed by atoms with van der Waals surface area (Å²) in [5.41, 5.74) is 3.08. The van der Waals surface area contributed by atoms with Crippen molar-refractivity contribution < 1.29 is 14.3 Å². The molecular formula is C18H17N3O3. The van der Waals surface area contributed by atoms with Crippen LogP contribution in [0.3, 0.4) is 0 Å². The second-order valence-corrected chi connectivity index (χ2v) is 5.10. The van der Waals surface area contributed by atoms with Crippen molar-refractivity contribution in [3.63, 3.8) is 0 Å². The number of hydrogen-bond donors (Lipinski definition) is 2. The van der Waals surface area contributed by atoms with E-state index in [0.717, 1.165) is 11.3 Å². The topological polar surface area (TPSA) is 76.2 Å². The lowest BCUT2D eigenvalue weighted by Crippen LogP contribution is -2.12. The van der Waals surface area contributed by atoms with Crippen LogP contribution in [-0.4, -0.2) is 30.3 Å². The number of methoxy groups -OCH3 is 2. The van der Waals surface area contributed by atoms with Crippen LogP contribution in [0, 0.1) is 0 Å². The van der Waals surface area contributed by atoms with Gasteiger partial charge in [-0.15, -0.1) is 0 Å². The first kappa shape index (κ1) is 15.6. The fraction of sp³-hybridized carbons (Fsp3) is 0.111. The number of aromatic amines is 1. The summed E-state index contributed by atoms with van der Waals surface area (Å²) in [5, 5.41) is 9.68. The number of ether oxygens (including phenoxy) is 2. The van der Waals surface area contributed by atoms with Crippen LogP contribution in [-0.2, 0) is 0 Å². The van der Waals surface area contributed by atoms with E-state index in [1.165, 1.54) is 0 Å². The van der Waals surface area contributed by atoms with Gasteiger partial charge in [-0.1, -0.05) is 12.1 Å². The monoisotopic (exact) mass is 323 g/mol. The maximum atomic E-state index is 12.4. The predicted octanol–water partition coefficient (Wildman–Crippen LogP) is 3.35. The van der Waals surface area contributed by atoms with E-state index in [2.05, 4.69) is 15.5 Å². The Morgan fingerprint density at radius 1 is 1.00 bits per heavy atom. The normalized spacial score (nSPS) is 10.2. The van der Waals surface area contributed by atoms with Crippen LogP contribution in [0.4, 0.5) is 5.69 Å². The fourth-order valence-corrected chi connectivity index (χ4v) is 2.29. The molecule has 6 nitrogen and oxygen atoms in total. The van der Waals surface area contributed by atoms with Gasteiger partial charge in [0.2, 0.25) is 0 Å². The van der Waals surface area contributed by atoms with E-state index in [1.807, 2.05) is 30.3 Å². The lowest BCUT2D eigenvalue weighted by Gasteiger charge is -2.09. The Balaban J connectivity index is 1.77. The molecule has 3 aromatic rings. The molecule has 0 unspecified atom stereocenters. The van der Waals surface area contributed by atoms with Crippen molar-refractivity contribution in [2.45, 2.75) is 0 Å². The molecule has 2 N–H and O–H groups in total. The number of anilines is 1. The Labute approximate surface area is 139 Å². The predicted molar refractivity (Wildman–Crippen MR) is 91.5 cm³/mol. The Bertz CT molecular complexity index is 805.